The van der Waals surface area contributed by atoms with Crippen molar-refractivity contribution in [2.45, 2.75) is 19.8 Å². The number of hydrogen-bond donors (Lipinski definition) is 2. The number of carbonyl (C=O) groups excluding carboxylic acids is 2. The van der Waals surface area contributed by atoms with Crippen LogP contribution in [0, 0.1) is 0 Å². The standard InChI is InChI=1S/C19H19Cl2N3O3/c1-2-3-10-27-16-8-6-15(7-9-16)23-18(25)19(26)24-22-12-13-4-5-14(20)11-17(13)21/h4-9,11-12H,2-3,10H2,1H3,(H,23,25)(H,24,26)/b22-12-. The molecule has 6 nitrogen and oxygen atoms in total. The zero-order chi connectivity index (χ0) is 19.6. The summed E-state index contributed by atoms with van der Waals surface area (Å²) < 4.78 is 5.54. The van der Waals surface area contributed by atoms with Gasteiger partial charge in [0.15, 0.2) is 0 Å². The van der Waals surface area contributed by atoms with Crippen LogP contribution in [0.25, 0.3) is 0 Å². The summed E-state index contributed by atoms with van der Waals surface area (Å²) in [5, 5.41) is 7.07. The number of benzene rings is 2. The first-order valence-corrected chi connectivity index (χ1v) is 9.07. The number of anilines is 1. The van der Waals surface area contributed by atoms with Crippen molar-refractivity contribution in [3.63, 3.8) is 0 Å². The Labute approximate surface area is 167 Å². The average Bonchev–Trinajstić information content (AvgIpc) is 2.65. The van der Waals surface area contributed by atoms with Crippen LogP contribution >= 0.6 is 23.2 Å². The monoisotopic (exact) mass is 407 g/mol. The third-order valence-electron chi connectivity index (χ3n) is 3.42. The minimum absolute atomic E-state index is 0.381. The lowest BCUT2D eigenvalue weighted by Crippen LogP contribution is -2.32. The van der Waals surface area contributed by atoms with Crippen LogP contribution in [0.4, 0.5) is 5.69 Å². The number of ether oxygens (including phenoxy) is 1. The summed E-state index contributed by atoms with van der Waals surface area (Å²) in [6, 6.07) is 11.6. The zero-order valence-corrected chi connectivity index (χ0v) is 16.2. The highest BCUT2D eigenvalue weighted by atomic mass is 35.5. The fourth-order valence-corrected chi connectivity index (χ4v) is 2.43. The van der Waals surface area contributed by atoms with E-state index in [4.69, 9.17) is 27.9 Å². The quantitative estimate of drug-likeness (QED) is 0.311. The second-order valence-corrected chi connectivity index (χ2v) is 6.39. The Kier molecular flexibility index (Phi) is 8.10. The maximum absolute atomic E-state index is 11.9. The van der Waals surface area contributed by atoms with Crippen LogP contribution in [-0.2, 0) is 9.59 Å². The number of rotatable bonds is 7. The van der Waals surface area contributed by atoms with Crippen molar-refractivity contribution in [1.82, 2.24) is 5.43 Å². The van der Waals surface area contributed by atoms with Gasteiger partial charge >= 0.3 is 11.8 Å². The van der Waals surface area contributed by atoms with Crippen molar-refractivity contribution in [2.75, 3.05) is 11.9 Å². The van der Waals surface area contributed by atoms with Gasteiger partial charge in [-0.1, -0.05) is 42.6 Å². The lowest BCUT2D eigenvalue weighted by atomic mass is 10.2. The van der Waals surface area contributed by atoms with Crippen LogP contribution in [0.3, 0.4) is 0 Å². The molecule has 0 unspecified atom stereocenters. The number of hydrogen-bond acceptors (Lipinski definition) is 4. The van der Waals surface area contributed by atoms with Crippen molar-refractivity contribution in [2.24, 2.45) is 5.10 Å². The number of unbranched alkanes of at least 4 members (excludes halogenated alkanes) is 1. The number of nitrogens with one attached hydrogen (secondary N) is 2. The molecule has 8 heteroatoms. The smallest absolute Gasteiger partial charge is 0.329 e. The van der Waals surface area contributed by atoms with Gasteiger partial charge in [0.05, 0.1) is 17.8 Å². The molecule has 2 aromatic rings. The average molecular weight is 408 g/mol. The fraction of sp³-hybridized carbons (Fsp3) is 0.211. The number of carbonyl (C=O) groups is 2. The normalized spacial score (nSPS) is 10.6. The van der Waals surface area contributed by atoms with Gasteiger partial charge in [0.25, 0.3) is 0 Å². The molecule has 2 N–H and O–H groups in total. The third-order valence-corrected chi connectivity index (χ3v) is 3.98. The number of halogens is 2. The van der Waals surface area contributed by atoms with E-state index in [2.05, 4.69) is 22.8 Å². The Hall–Kier alpha value is -2.57. The van der Waals surface area contributed by atoms with Crippen molar-refractivity contribution < 1.29 is 14.3 Å². The molecule has 0 saturated carbocycles. The first kappa shape index (κ1) is 20.7. The molecular weight excluding hydrogens is 389 g/mol. The van der Waals surface area contributed by atoms with E-state index in [-0.39, 0.29) is 0 Å². The molecule has 0 spiro atoms. The number of hydrazone groups is 1. The molecule has 2 rings (SSSR count). The van der Waals surface area contributed by atoms with Gasteiger partial charge < -0.3 is 10.1 Å². The van der Waals surface area contributed by atoms with Crippen LogP contribution in [0.15, 0.2) is 47.6 Å². The summed E-state index contributed by atoms with van der Waals surface area (Å²) in [5.74, 6) is -1.04. The summed E-state index contributed by atoms with van der Waals surface area (Å²) in [6.07, 6.45) is 3.35. The lowest BCUT2D eigenvalue weighted by Gasteiger charge is -2.07. The minimum atomic E-state index is -0.903. The molecule has 0 heterocycles. The molecule has 0 bridgehead atoms. The molecule has 0 radical (unpaired) electrons. The fourth-order valence-electron chi connectivity index (χ4n) is 1.97. The van der Waals surface area contributed by atoms with Gasteiger partial charge in [-0.2, -0.15) is 5.10 Å². The SMILES string of the molecule is CCCCOc1ccc(NC(=O)C(=O)N/N=C\c2ccc(Cl)cc2Cl)cc1. The van der Waals surface area contributed by atoms with Crippen LogP contribution in [0.2, 0.25) is 10.0 Å². The molecule has 0 saturated heterocycles. The summed E-state index contributed by atoms with van der Waals surface area (Å²) in [6.45, 7) is 2.72. The topological polar surface area (TPSA) is 79.8 Å². The predicted molar refractivity (Wildman–Crippen MR) is 108 cm³/mol. The Balaban J connectivity index is 1.84. The largest absolute Gasteiger partial charge is 0.494 e. The predicted octanol–water partition coefficient (Wildman–Crippen LogP) is 4.26. The summed E-state index contributed by atoms with van der Waals surface area (Å²) in [5.41, 5.74) is 3.17. The second kappa shape index (κ2) is 10.5. The highest BCUT2D eigenvalue weighted by Gasteiger charge is 2.13. The van der Waals surface area contributed by atoms with Crippen LogP contribution in [0.5, 0.6) is 5.75 Å². The third kappa shape index (κ3) is 6.92. The van der Waals surface area contributed by atoms with E-state index in [0.717, 1.165) is 12.8 Å². The molecule has 0 fully saturated rings. The van der Waals surface area contributed by atoms with Gasteiger partial charge in [0, 0.05) is 16.3 Å². The zero-order valence-electron chi connectivity index (χ0n) is 14.7. The molecule has 2 aromatic carbocycles. The van der Waals surface area contributed by atoms with Crippen LogP contribution in [-0.4, -0.2) is 24.6 Å². The molecule has 0 aliphatic heterocycles. The van der Waals surface area contributed by atoms with Gasteiger partial charge in [-0.05, 0) is 42.8 Å². The van der Waals surface area contributed by atoms with E-state index in [9.17, 15) is 9.59 Å². The molecule has 0 aromatic heterocycles. The van der Waals surface area contributed by atoms with Crippen molar-refractivity contribution >= 4 is 46.9 Å². The minimum Gasteiger partial charge on any atom is -0.494 e. The number of nitrogens with zero attached hydrogens (tertiary/aromatic N) is 1. The van der Waals surface area contributed by atoms with Gasteiger partial charge in [0.1, 0.15) is 5.75 Å². The lowest BCUT2D eigenvalue weighted by molar-refractivity contribution is -0.136. The molecule has 0 atom stereocenters. The maximum atomic E-state index is 11.9. The van der Waals surface area contributed by atoms with E-state index < -0.39 is 11.8 Å². The summed E-state index contributed by atoms with van der Waals surface area (Å²) in [7, 11) is 0. The first-order valence-electron chi connectivity index (χ1n) is 8.32. The van der Waals surface area contributed by atoms with Gasteiger partial charge in [-0.25, -0.2) is 5.43 Å². The molecular formula is C19H19Cl2N3O3. The van der Waals surface area contributed by atoms with Crippen molar-refractivity contribution in [1.29, 1.82) is 0 Å². The maximum Gasteiger partial charge on any atom is 0.329 e. The molecule has 27 heavy (non-hydrogen) atoms. The van der Waals surface area contributed by atoms with Gasteiger partial charge in [0.2, 0.25) is 0 Å². The van der Waals surface area contributed by atoms with E-state index in [0.29, 0.717) is 33.7 Å². The molecule has 142 valence electrons. The number of amides is 2. The van der Waals surface area contributed by atoms with Gasteiger partial charge in [-0.15, -0.1) is 0 Å². The summed E-state index contributed by atoms with van der Waals surface area (Å²) in [4.78, 5) is 23.7. The van der Waals surface area contributed by atoms with Crippen LogP contribution in [0.1, 0.15) is 25.3 Å². The van der Waals surface area contributed by atoms with E-state index >= 15 is 0 Å². The first-order chi connectivity index (χ1) is 13.0. The molecule has 0 aliphatic carbocycles. The second-order valence-electron chi connectivity index (χ2n) is 5.55. The van der Waals surface area contributed by atoms with Crippen molar-refractivity contribution in [3.05, 3.63) is 58.1 Å². The summed E-state index contributed by atoms with van der Waals surface area (Å²) >= 11 is 11.8. The molecule has 2 amide bonds. The van der Waals surface area contributed by atoms with Crippen molar-refractivity contribution in [3.8, 4) is 5.75 Å². The highest BCUT2D eigenvalue weighted by Crippen LogP contribution is 2.19. The van der Waals surface area contributed by atoms with Crippen LogP contribution < -0.4 is 15.5 Å². The Bertz CT molecular complexity index is 823. The van der Waals surface area contributed by atoms with E-state index in [1.54, 1.807) is 42.5 Å². The van der Waals surface area contributed by atoms with E-state index in [1.165, 1.54) is 6.21 Å². The molecule has 0 aliphatic rings. The Morgan fingerprint density at radius 3 is 2.52 bits per heavy atom. The van der Waals surface area contributed by atoms with Gasteiger partial charge in [-0.3, -0.25) is 9.59 Å². The highest BCUT2D eigenvalue weighted by molar-refractivity contribution is 6.39. The Morgan fingerprint density at radius 2 is 1.85 bits per heavy atom. The Morgan fingerprint density at radius 1 is 1.11 bits per heavy atom. The van der Waals surface area contributed by atoms with E-state index in [1.807, 2.05) is 0 Å².